The van der Waals surface area contributed by atoms with E-state index in [0.717, 1.165) is 19.0 Å². The minimum Gasteiger partial charge on any atom is -0.330 e. The van der Waals surface area contributed by atoms with Crippen LogP contribution in [0.25, 0.3) is 0 Å². The average Bonchev–Trinajstić information content (AvgIpc) is 2.39. The Labute approximate surface area is 111 Å². The van der Waals surface area contributed by atoms with Gasteiger partial charge >= 0.3 is 0 Å². The Hall–Kier alpha value is -0.860. The van der Waals surface area contributed by atoms with Crippen molar-refractivity contribution in [2.45, 2.75) is 51.7 Å². The van der Waals surface area contributed by atoms with Crippen molar-refractivity contribution < 1.29 is 0 Å². The van der Waals surface area contributed by atoms with Crippen molar-refractivity contribution in [2.24, 2.45) is 11.7 Å². The van der Waals surface area contributed by atoms with E-state index >= 15 is 0 Å². The molecule has 1 fully saturated rings. The van der Waals surface area contributed by atoms with Crippen LogP contribution in [0, 0.1) is 5.92 Å². The van der Waals surface area contributed by atoms with E-state index in [1.54, 1.807) is 0 Å². The van der Waals surface area contributed by atoms with Crippen LogP contribution >= 0.6 is 0 Å². The number of hydrogen-bond acceptors (Lipinski definition) is 2. The van der Waals surface area contributed by atoms with Crippen molar-refractivity contribution in [1.82, 2.24) is 4.90 Å². The van der Waals surface area contributed by atoms with Gasteiger partial charge in [0.05, 0.1) is 0 Å². The van der Waals surface area contributed by atoms with Crippen LogP contribution in [-0.2, 0) is 6.54 Å². The molecule has 0 saturated carbocycles. The third kappa shape index (κ3) is 3.12. The van der Waals surface area contributed by atoms with E-state index in [1.165, 1.54) is 24.8 Å². The van der Waals surface area contributed by atoms with Crippen LogP contribution in [0.3, 0.4) is 0 Å². The van der Waals surface area contributed by atoms with Gasteiger partial charge in [0.1, 0.15) is 0 Å². The second-order valence-corrected chi connectivity index (χ2v) is 5.66. The van der Waals surface area contributed by atoms with Crippen molar-refractivity contribution in [2.75, 3.05) is 6.54 Å². The molecular weight excluding hydrogens is 220 g/mol. The zero-order valence-electron chi connectivity index (χ0n) is 11.7. The van der Waals surface area contributed by atoms with Crippen LogP contribution in [0.2, 0.25) is 0 Å². The summed E-state index contributed by atoms with van der Waals surface area (Å²) in [6.07, 6.45) is 3.81. The highest BCUT2D eigenvalue weighted by Gasteiger charge is 2.31. The van der Waals surface area contributed by atoms with E-state index < -0.39 is 0 Å². The predicted molar refractivity (Wildman–Crippen MR) is 77.3 cm³/mol. The molecular formula is C16H26N2. The highest BCUT2D eigenvalue weighted by atomic mass is 15.2. The van der Waals surface area contributed by atoms with E-state index in [4.69, 9.17) is 5.73 Å². The molecule has 2 nitrogen and oxygen atoms in total. The molecule has 0 aromatic heterocycles. The summed E-state index contributed by atoms with van der Waals surface area (Å²) in [6, 6.07) is 12.1. The lowest BCUT2D eigenvalue weighted by molar-refractivity contribution is 0.0476. The number of nitrogens with two attached hydrogens (primary N) is 1. The maximum Gasteiger partial charge on any atom is 0.0239 e. The Balaban J connectivity index is 2.04. The molecule has 0 aliphatic carbocycles. The fourth-order valence-electron chi connectivity index (χ4n) is 3.23. The van der Waals surface area contributed by atoms with E-state index in [9.17, 15) is 0 Å². The molecule has 1 unspecified atom stereocenters. The zero-order valence-corrected chi connectivity index (χ0v) is 11.7. The van der Waals surface area contributed by atoms with Crippen LogP contribution in [0.1, 0.15) is 38.7 Å². The van der Waals surface area contributed by atoms with Gasteiger partial charge in [-0.25, -0.2) is 0 Å². The Morgan fingerprint density at radius 1 is 1.17 bits per heavy atom. The summed E-state index contributed by atoms with van der Waals surface area (Å²) >= 11 is 0. The van der Waals surface area contributed by atoms with E-state index in [1.807, 2.05) is 0 Å². The third-order valence-electron chi connectivity index (χ3n) is 4.47. The summed E-state index contributed by atoms with van der Waals surface area (Å²) in [5.74, 6) is 0.773. The molecule has 1 aliphatic heterocycles. The summed E-state index contributed by atoms with van der Waals surface area (Å²) < 4.78 is 0. The molecule has 2 heteroatoms. The van der Waals surface area contributed by atoms with E-state index in [0.29, 0.717) is 12.1 Å². The summed E-state index contributed by atoms with van der Waals surface area (Å²) in [4.78, 5) is 2.65. The van der Waals surface area contributed by atoms with Crippen molar-refractivity contribution >= 4 is 0 Å². The van der Waals surface area contributed by atoms with Crippen LogP contribution in [0.15, 0.2) is 30.3 Å². The molecule has 1 aliphatic rings. The fourth-order valence-corrected chi connectivity index (χ4v) is 3.23. The molecule has 1 saturated heterocycles. The van der Waals surface area contributed by atoms with Gasteiger partial charge in [-0.2, -0.15) is 0 Å². The van der Waals surface area contributed by atoms with E-state index in [2.05, 4.69) is 49.1 Å². The van der Waals surface area contributed by atoms with Crippen molar-refractivity contribution in [3.05, 3.63) is 35.9 Å². The second-order valence-electron chi connectivity index (χ2n) is 5.66. The third-order valence-corrected chi connectivity index (χ3v) is 4.47. The lowest BCUT2D eigenvalue weighted by Gasteiger charge is -2.44. The molecule has 2 rings (SSSR count). The standard InChI is InChI=1S/C16H26N2/c1-13-8-9-16(10-11-17)14(2)18(13)12-15-6-4-3-5-7-15/h3-7,13-14,16H,8-12,17H2,1-2H3/t13-,14+,16?/m1/s1. The summed E-state index contributed by atoms with van der Waals surface area (Å²) in [5, 5.41) is 0. The lowest BCUT2D eigenvalue weighted by atomic mass is 9.84. The lowest BCUT2D eigenvalue weighted by Crippen LogP contribution is -2.48. The number of benzene rings is 1. The molecule has 0 spiro atoms. The monoisotopic (exact) mass is 246 g/mol. The predicted octanol–water partition coefficient (Wildman–Crippen LogP) is 3.02. The van der Waals surface area contributed by atoms with Crippen molar-refractivity contribution in [3.8, 4) is 0 Å². The number of nitrogens with zero attached hydrogens (tertiary/aromatic N) is 1. The van der Waals surface area contributed by atoms with Gasteiger partial charge in [0.15, 0.2) is 0 Å². The summed E-state index contributed by atoms with van der Waals surface area (Å²) in [6.45, 7) is 6.63. The zero-order chi connectivity index (χ0) is 13.0. The molecule has 18 heavy (non-hydrogen) atoms. The Bertz CT molecular complexity index is 349. The molecule has 0 bridgehead atoms. The van der Waals surface area contributed by atoms with Gasteiger partial charge < -0.3 is 5.73 Å². The molecule has 100 valence electrons. The first-order valence-electron chi connectivity index (χ1n) is 7.22. The maximum absolute atomic E-state index is 5.74. The first-order chi connectivity index (χ1) is 8.72. The van der Waals surface area contributed by atoms with Gasteiger partial charge in [-0.1, -0.05) is 30.3 Å². The fraction of sp³-hybridized carbons (Fsp3) is 0.625. The average molecular weight is 246 g/mol. The molecule has 3 atom stereocenters. The molecule has 1 aromatic rings. The van der Waals surface area contributed by atoms with Crippen LogP contribution in [0.4, 0.5) is 0 Å². The van der Waals surface area contributed by atoms with Crippen LogP contribution < -0.4 is 5.73 Å². The normalized spacial score (nSPS) is 29.4. The SMILES string of the molecule is C[C@@H]1CCC(CCN)[C@H](C)N1Cc1ccccc1. The summed E-state index contributed by atoms with van der Waals surface area (Å²) in [7, 11) is 0. The second kappa shape index (κ2) is 6.35. The highest BCUT2D eigenvalue weighted by molar-refractivity contribution is 5.15. The number of rotatable bonds is 4. The number of likely N-dealkylation sites (tertiary alicyclic amines) is 1. The molecule has 1 heterocycles. The highest BCUT2D eigenvalue weighted by Crippen LogP contribution is 2.31. The van der Waals surface area contributed by atoms with Gasteiger partial charge in [-0.05, 0) is 51.1 Å². The van der Waals surface area contributed by atoms with Crippen LogP contribution in [-0.4, -0.2) is 23.5 Å². The maximum atomic E-state index is 5.74. The molecule has 0 amide bonds. The first-order valence-corrected chi connectivity index (χ1v) is 7.22. The van der Waals surface area contributed by atoms with Gasteiger partial charge in [0.25, 0.3) is 0 Å². The van der Waals surface area contributed by atoms with Crippen molar-refractivity contribution in [3.63, 3.8) is 0 Å². The number of piperidine rings is 1. The number of hydrogen-bond donors (Lipinski definition) is 1. The Morgan fingerprint density at radius 3 is 2.56 bits per heavy atom. The van der Waals surface area contributed by atoms with Crippen molar-refractivity contribution in [1.29, 1.82) is 0 Å². The van der Waals surface area contributed by atoms with Gasteiger partial charge in [0, 0.05) is 18.6 Å². The summed E-state index contributed by atoms with van der Waals surface area (Å²) in [5.41, 5.74) is 7.16. The largest absolute Gasteiger partial charge is 0.330 e. The van der Waals surface area contributed by atoms with Gasteiger partial charge in [-0.3, -0.25) is 4.90 Å². The topological polar surface area (TPSA) is 29.3 Å². The minimum atomic E-state index is 0.650. The minimum absolute atomic E-state index is 0.650. The Kier molecular flexibility index (Phi) is 4.79. The van der Waals surface area contributed by atoms with Crippen LogP contribution in [0.5, 0.6) is 0 Å². The quantitative estimate of drug-likeness (QED) is 0.885. The Morgan fingerprint density at radius 2 is 1.89 bits per heavy atom. The van der Waals surface area contributed by atoms with E-state index in [-0.39, 0.29) is 0 Å². The molecule has 0 radical (unpaired) electrons. The first kappa shape index (κ1) is 13.6. The smallest absolute Gasteiger partial charge is 0.0239 e. The van der Waals surface area contributed by atoms with Gasteiger partial charge in [0.2, 0.25) is 0 Å². The molecule has 1 aromatic carbocycles. The van der Waals surface area contributed by atoms with Gasteiger partial charge in [-0.15, -0.1) is 0 Å². The molecule has 2 N–H and O–H groups in total.